The highest BCUT2D eigenvalue weighted by molar-refractivity contribution is 6.33. The third-order valence-electron chi connectivity index (χ3n) is 2.74. The number of phenols is 1. The van der Waals surface area contributed by atoms with Crippen molar-refractivity contribution in [1.82, 2.24) is 5.43 Å². The number of aromatic hydroxyl groups is 1. The first-order valence-corrected chi connectivity index (χ1v) is 6.35. The third-order valence-corrected chi connectivity index (χ3v) is 3.07. The fourth-order valence-corrected chi connectivity index (χ4v) is 1.90. The van der Waals surface area contributed by atoms with Crippen molar-refractivity contribution in [3.8, 4) is 5.75 Å². The molecule has 0 aliphatic heterocycles. The molecule has 0 radical (unpaired) electrons. The van der Waals surface area contributed by atoms with Crippen LogP contribution in [0.25, 0.3) is 0 Å². The summed E-state index contributed by atoms with van der Waals surface area (Å²) in [4.78, 5) is 11.9. The van der Waals surface area contributed by atoms with Gasteiger partial charge >= 0.3 is 0 Å². The lowest BCUT2D eigenvalue weighted by Gasteiger charge is -2.05. The third kappa shape index (κ3) is 3.16. The summed E-state index contributed by atoms with van der Waals surface area (Å²) < 4.78 is 0. The summed E-state index contributed by atoms with van der Waals surface area (Å²) in [5.74, 6) is -0.286. The Morgan fingerprint density at radius 1 is 1.10 bits per heavy atom. The fraction of sp³-hybridized carbons (Fsp3) is 0.0667. The standard InChI is InChI=1S/C15H13ClN2O2/c1-10(11-6-3-5-9-14(11)19)17-18-15(20)12-7-2-4-8-13(12)16/h2-9,19H,1H3,(H,18,20)/b17-10+. The van der Waals surface area contributed by atoms with E-state index in [1.165, 1.54) is 0 Å². The summed E-state index contributed by atoms with van der Waals surface area (Å²) in [5, 5.41) is 14.0. The number of phenolic OH excluding ortho intramolecular Hbond substituents is 1. The second kappa shape index (κ2) is 6.21. The van der Waals surface area contributed by atoms with Crippen LogP contribution < -0.4 is 5.43 Å². The van der Waals surface area contributed by atoms with Gasteiger partial charge in [0.2, 0.25) is 0 Å². The summed E-state index contributed by atoms with van der Waals surface area (Å²) in [6, 6.07) is 13.5. The number of nitrogens with zero attached hydrogens (tertiary/aromatic N) is 1. The van der Waals surface area contributed by atoms with Crippen LogP contribution in [0.1, 0.15) is 22.8 Å². The van der Waals surface area contributed by atoms with Crippen molar-refractivity contribution in [1.29, 1.82) is 0 Å². The number of carbonyl (C=O) groups is 1. The number of nitrogens with one attached hydrogen (secondary N) is 1. The van der Waals surface area contributed by atoms with Crippen LogP contribution in [0.4, 0.5) is 0 Å². The number of halogens is 1. The molecule has 0 heterocycles. The van der Waals surface area contributed by atoms with Gasteiger partial charge < -0.3 is 5.11 Å². The molecule has 5 heteroatoms. The van der Waals surface area contributed by atoms with Gasteiger partial charge in [-0.15, -0.1) is 0 Å². The van der Waals surface area contributed by atoms with E-state index in [0.29, 0.717) is 21.9 Å². The van der Waals surface area contributed by atoms with Crippen molar-refractivity contribution in [2.45, 2.75) is 6.92 Å². The molecule has 102 valence electrons. The maximum absolute atomic E-state index is 11.9. The van der Waals surface area contributed by atoms with Gasteiger partial charge in [0.15, 0.2) is 0 Å². The Kier molecular flexibility index (Phi) is 4.38. The Labute approximate surface area is 121 Å². The first-order valence-electron chi connectivity index (χ1n) is 5.97. The summed E-state index contributed by atoms with van der Waals surface area (Å²) in [5.41, 5.74) is 3.83. The molecule has 0 saturated carbocycles. The largest absolute Gasteiger partial charge is 0.507 e. The van der Waals surface area contributed by atoms with Crippen molar-refractivity contribution in [3.63, 3.8) is 0 Å². The number of hydrogen-bond acceptors (Lipinski definition) is 3. The van der Waals surface area contributed by atoms with Crippen molar-refractivity contribution in [2.24, 2.45) is 5.10 Å². The average molecular weight is 289 g/mol. The lowest BCUT2D eigenvalue weighted by molar-refractivity contribution is 0.0955. The van der Waals surface area contributed by atoms with Gasteiger partial charge in [-0.2, -0.15) is 5.10 Å². The average Bonchev–Trinajstić information content (AvgIpc) is 2.45. The molecule has 0 aliphatic rings. The lowest BCUT2D eigenvalue weighted by atomic mass is 10.1. The molecular formula is C15H13ClN2O2. The minimum Gasteiger partial charge on any atom is -0.507 e. The Bertz CT molecular complexity index is 668. The summed E-state index contributed by atoms with van der Waals surface area (Å²) in [6.45, 7) is 1.70. The predicted octanol–water partition coefficient (Wildman–Crippen LogP) is 3.20. The molecule has 2 rings (SSSR count). The number of para-hydroxylation sites is 1. The normalized spacial score (nSPS) is 11.2. The molecule has 0 atom stereocenters. The number of amides is 1. The quantitative estimate of drug-likeness (QED) is 0.673. The molecular weight excluding hydrogens is 276 g/mol. The molecule has 2 aromatic carbocycles. The number of hydrogen-bond donors (Lipinski definition) is 2. The topological polar surface area (TPSA) is 61.7 Å². The maximum atomic E-state index is 11.9. The zero-order valence-corrected chi connectivity index (χ0v) is 11.6. The highest BCUT2D eigenvalue weighted by Gasteiger charge is 2.09. The van der Waals surface area contributed by atoms with E-state index in [1.54, 1.807) is 55.5 Å². The van der Waals surface area contributed by atoms with Crippen LogP contribution in [0.3, 0.4) is 0 Å². The second-order valence-electron chi connectivity index (χ2n) is 4.14. The molecule has 0 bridgehead atoms. The number of rotatable bonds is 3. The smallest absolute Gasteiger partial charge is 0.272 e. The van der Waals surface area contributed by atoms with Crippen molar-refractivity contribution >= 4 is 23.2 Å². The number of carbonyl (C=O) groups excluding carboxylic acids is 1. The van der Waals surface area contributed by atoms with Gasteiger partial charge in [-0.3, -0.25) is 4.79 Å². The molecule has 0 unspecified atom stereocenters. The zero-order chi connectivity index (χ0) is 14.5. The van der Waals surface area contributed by atoms with E-state index in [1.807, 2.05) is 0 Å². The zero-order valence-electron chi connectivity index (χ0n) is 10.8. The summed E-state index contributed by atoms with van der Waals surface area (Å²) in [6.07, 6.45) is 0. The van der Waals surface area contributed by atoms with Crippen LogP contribution in [0, 0.1) is 0 Å². The number of hydrazone groups is 1. The van der Waals surface area contributed by atoms with E-state index in [4.69, 9.17) is 11.6 Å². The van der Waals surface area contributed by atoms with Crippen LogP contribution in [-0.4, -0.2) is 16.7 Å². The molecule has 4 nitrogen and oxygen atoms in total. The highest BCUT2D eigenvalue weighted by Crippen LogP contribution is 2.17. The van der Waals surface area contributed by atoms with Crippen molar-refractivity contribution < 1.29 is 9.90 Å². The van der Waals surface area contributed by atoms with Gasteiger partial charge in [0.25, 0.3) is 5.91 Å². The van der Waals surface area contributed by atoms with E-state index in [-0.39, 0.29) is 5.75 Å². The van der Waals surface area contributed by atoms with Crippen LogP contribution in [0.5, 0.6) is 5.75 Å². The Hall–Kier alpha value is -2.33. The molecule has 0 spiro atoms. The van der Waals surface area contributed by atoms with Crippen molar-refractivity contribution in [3.05, 3.63) is 64.7 Å². The Morgan fingerprint density at radius 3 is 2.35 bits per heavy atom. The van der Waals surface area contributed by atoms with Gasteiger partial charge in [0, 0.05) is 5.56 Å². The van der Waals surface area contributed by atoms with E-state index < -0.39 is 5.91 Å². The van der Waals surface area contributed by atoms with Crippen LogP contribution >= 0.6 is 11.6 Å². The SMILES string of the molecule is C/C(=N\NC(=O)c1ccccc1Cl)c1ccccc1O. The Balaban J connectivity index is 2.16. The molecule has 20 heavy (non-hydrogen) atoms. The van der Waals surface area contributed by atoms with E-state index in [2.05, 4.69) is 10.5 Å². The molecule has 1 amide bonds. The first kappa shape index (κ1) is 14.1. The number of benzene rings is 2. The highest BCUT2D eigenvalue weighted by atomic mass is 35.5. The first-order chi connectivity index (χ1) is 9.59. The van der Waals surface area contributed by atoms with Gasteiger partial charge in [-0.05, 0) is 31.2 Å². The molecule has 2 aromatic rings. The predicted molar refractivity (Wildman–Crippen MR) is 79.2 cm³/mol. The van der Waals surface area contributed by atoms with Gasteiger partial charge in [0.05, 0.1) is 16.3 Å². The second-order valence-corrected chi connectivity index (χ2v) is 4.54. The fourth-order valence-electron chi connectivity index (χ4n) is 1.68. The molecule has 0 aliphatic carbocycles. The van der Waals surface area contributed by atoms with E-state index in [0.717, 1.165) is 0 Å². The van der Waals surface area contributed by atoms with Crippen LogP contribution in [-0.2, 0) is 0 Å². The minimum atomic E-state index is -0.398. The van der Waals surface area contributed by atoms with E-state index >= 15 is 0 Å². The monoisotopic (exact) mass is 288 g/mol. The van der Waals surface area contributed by atoms with E-state index in [9.17, 15) is 9.90 Å². The van der Waals surface area contributed by atoms with Crippen molar-refractivity contribution in [2.75, 3.05) is 0 Å². The van der Waals surface area contributed by atoms with Gasteiger partial charge in [-0.1, -0.05) is 35.9 Å². The Morgan fingerprint density at radius 2 is 1.70 bits per heavy atom. The summed E-state index contributed by atoms with van der Waals surface area (Å²) in [7, 11) is 0. The van der Waals surface area contributed by atoms with Gasteiger partial charge in [0.1, 0.15) is 5.75 Å². The molecule has 0 fully saturated rings. The minimum absolute atomic E-state index is 0.112. The summed E-state index contributed by atoms with van der Waals surface area (Å²) >= 11 is 5.93. The molecule has 2 N–H and O–H groups in total. The molecule has 0 saturated heterocycles. The molecule has 0 aromatic heterocycles. The van der Waals surface area contributed by atoms with Gasteiger partial charge in [-0.25, -0.2) is 5.43 Å². The maximum Gasteiger partial charge on any atom is 0.272 e. The van der Waals surface area contributed by atoms with Crippen LogP contribution in [0.15, 0.2) is 53.6 Å². The lowest BCUT2D eigenvalue weighted by Crippen LogP contribution is -2.19. The van der Waals surface area contributed by atoms with Crippen LogP contribution in [0.2, 0.25) is 5.02 Å².